The summed E-state index contributed by atoms with van der Waals surface area (Å²) in [6.07, 6.45) is 5.55. The summed E-state index contributed by atoms with van der Waals surface area (Å²) >= 11 is 0. The second-order valence-electron chi connectivity index (χ2n) is 7.25. The molecule has 4 unspecified atom stereocenters. The van der Waals surface area contributed by atoms with Crippen LogP contribution in [0.1, 0.15) is 43.6 Å². The first-order chi connectivity index (χ1) is 11.8. The zero-order valence-corrected chi connectivity index (χ0v) is 14.0. The SMILES string of the molecule is NCC1CCCCC1NC(=O)C1CC1c1ccc2c(c1)OCCO2. The van der Waals surface area contributed by atoms with Gasteiger partial charge in [-0.2, -0.15) is 0 Å². The average Bonchev–Trinajstić information content (AvgIpc) is 3.43. The van der Waals surface area contributed by atoms with Crippen molar-refractivity contribution in [2.24, 2.45) is 17.6 Å². The van der Waals surface area contributed by atoms with Crippen molar-refractivity contribution in [1.29, 1.82) is 0 Å². The van der Waals surface area contributed by atoms with Crippen molar-refractivity contribution < 1.29 is 14.3 Å². The summed E-state index contributed by atoms with van der Waals surface area (Å²) < 4.78 is 11.2. The summed E-state index contributed by atoms with van der Waals surface area (Å²) in [7, 11) is 0. The molecular weight excluding hydrogens is 304 g/mol. The van der Waals surface area contributed by atoms with Gasteiger partial charge in [0, 0.05) is 12.0 Å². The van der Waals surface area contributed by atoms with E-state index in [-0.39, 0.29) is 17.9 Å². The first kappa shape index (κ1) is 15.8. The molecule has 1 aromatic rings. The molecule has 1 heterocycles. The third kappa shape index (κ3) is 3.09. The lowest BCUT2D eigenvalue weighted by atomic mass is 9.84. The quantitative estimate of drug-likeness (QED) is 0.887. The third-order valence-electron chi connectivity index (χ3n) is 5.66. The maximum Gasteiger partial charge on any atom is 0.223 e. The Morgan fingerprint density at radius 2 is 1.96 bits per heavy atom. The summed E-state index contributed by atoms with van der Waals surface area (Å²) in [4.78, 5) is 12.6. The highest BCUT2D eigenvalue weighted by atomic mass is 16.6. The summed E-state index contributed by atoms with van der Waals surface area (Å²) in [5, 5.41) is 3.27. The van der Waals surface area contributed by atoms with Crippen LogP contribution in [0, 0.1) is 11.8 Å². The minimum atomic E-state index is 0.0907. The molecule has 130 valence electrons. The summed E-state index contributed by atoms with van der Waals surface area (Å²) in [6.45, 7) is 1.86. The summed E-state index contributed by atoms with van der Waals surface area (Å²) in [5.74, 6) is 2.64. The second-order valence-corrected chi connectivity index (χ2v) is 7.25. The van der Waals surface area contributed by atoms with Gasteiger partial charge in [0.2, 0.25) is 5.91 Å². The first-order valence-corrected chi connectivity index (χ1v) is 9.16. The maximum atomic E-state index is 12.6. The number of carbonyl (C=O) groups excluding carboxylic acids is 1. The second kappa shape index (κ2) is 6.63. The highest BCUT2D eigenvalue weighted by Crippen LogP contribution is 2.49. The zero-order chi connectivity index (χ0) is 16.5. The van der Waals surface area contributed by atoms with E-state index in [0.717, 1.165) is 30.8 Å². The molecule has 5 heteroatoms. The number of nitrogens with one attached hydrogen (secondary N) is 1. The van der Waals surface area contributed by atoms with Gasteiger partial charge in [-0.15, -0.1) is 0 Å². The van der Waals surface area contributed by atoms with Crippen LogP contribution in [-0.4, -0.2) is 31.7 Å². The van der Waals surface area contributed by atoms with Gasteiger partial charge < -0.3 is 20.5 Å². The fourth-order valence-electron chi connectivity index (χ4n) is 4.11. The molecule has 4 atom stereocenters. The fourth-order valence-corrected chi connectivity index (χ4v) is 4.11. The van der Waals surface area contributed by atoms with Gasteiger partial charge in [-0.05, 0) is 55.3 Å². The summed E-state index contributed by atoms with van der Waals surface area (Å²) in [6, 6.07) is 6.32. The number of fused-ring (bicyclic) bond motifs is 1. The molecule has 24 heavy (non-hydrogen) atoms. The van der Waals surface area contributed by atoms with Crippen LogP contribution < -0.4 is 20.5 Å². The Bertz CT molecular complexity index is 619. The Morgan fingerprint density at radius 1 is 1.17 bits per heavy atom. The van der Waals surface area contributed by atoms with Crippen LogP contribution in [-0.2, 0) is 4.79 Å². The van der Waals surface area contributed by atoms with Crippen LogP contribution in [0.2, 0.25) is 0 Å². The zero-order valence-electron chi connectivity index (χ0n) is 14.0. The van der Waals surface area contributed by atoms with Gasteiger partial charge in [0.25, 0.3) is 0 Å². The van der Waals surface area contributed by atoms with Crippen LogP contribution in [0.15, 0.2) is 18.2 Å². The van der Waals surface area contributed by atoms with E-state index in [9.17, 15) is 4.79 Å². The fraction of sp³-hybridized carbons (Fsp3) is 0.632. The van der Waals surface area contributed by atoms with E-state index in [1.807, 2.05) is 12.1 Å². The molecule has 1 aliphatic heterocycles. The molecule has 3 aliphatic rings. The lowest BCUT2D eigenvalue weighted by Gasteiger charge is -2.31. The first-order valence-electron chi connectivity index (χ1n) is 9.16. The van der Waals surface area contributed by atoms with E-state index in [0.29, 0.717) is 31.6 Å². The molecule has 0 saturated heterocycles. The number of rotatable bonds is 4. The van der Waals surface area contributed by atoms with Gasteiger partial charge in [0.1, 0.15) is 13.2 Å². The standard InChI is InChI=1S/C19H26N2O3/c20-11-13-3-1-2-4-16(13)21-19(22)15-10-14(15)12-5-6-17-18(9-12)24-8-7-23-17/h5-6,9,13-16H,1-4,7-8,10-11,20H2,(H,21,22). The van der Waals surface area contributed by atoms with Crippen LogP contribution in [0.25, 0.3) is 0 Å². The van der Waals surface area contributed by atoms with E-state index >= 15 is 0 Å². The van der Waals surface area contributed by atoms with E-state index in [1.165, 1.54) is 18.4 Å². The van der Waals surface area contributed by atoms with Crippen LogP contribution in [0.5, 0.6) is 11.5 Å². The number of benzene rings is 1. The lowest BCUT2D eigenvalue weighted by molar-refractivity contribution is -0.123. The Morgan fingerprint density at radius 3 is 2.79 bits per heavy atom. The van der Waals surface area contributed by atoms with E-state index in [2.05, 4.69) is 11.4 Å². The number of ether oxygens (including phenoxy) is 2. The molecule has 1 amide bonds. The van der Waals surface area contributed by atoms with Crippen molar-refractivity contribution in [3.8, 4) is 11.5 Å². The Hall–Kier alpha value is -1.75. The van der Waals surface area contributed by atoms with Gasteiger partial charge >= 0.3 is 0 Å². The molecule has 4 rings (SSSR count). The Kier molecular flexibility index (Phi) is 4.35. The minimum absolute atomic E-state index is 0.0907. The molecule has 1 aromatic carbocycles. The van der Waals surface area contributed by atoms with Crippen molar-refractivity contribution in [3.05, 3.63) is 23.8 Å². The minimum Gasteiger partial charge on any atom is -0.486 e. The van der Waals surface area contributed by atoms with Gasteiger partial charge in [-0.1, -0.05) is 18.9 Å². The van der Waals surface area contributed by atoms with E-state index < -0.39 is 0 Å². The summed E-state index contributed by atoms with van der Waals surface area (Å²) in [5.41, 5.74) is 7.05. The third-order valence-corrected chi connectivity index (χ3v) is 5.66. The molecule has 2 aliphatic carbocycles. The van der Waals surface area contributed by atoms with Gasteiger partial charge in [0.15, 0.2) is 11.5 Å². The highest BCUT2D eigenvalue weighted by molar-refractivity contribution is 5.83. The van der Waals surface area contributed by atoms with Crippen molar-refractivity contribution >= 4 is 5.91 Å². The molecule has 5 nitrogen and oxygen atoms in total. The average molecular weight is 330 g/mol. The van der Waals surface area contributed by atoms with Crippen molar-refractivity contribution in [1.82, 2.24) is 5.32 Å². The smallest absolute Gasteiger partial charge is 0.223 e. The van der Waals surface area contributed by atoms with Crippen molar-refractivity contribution in [2.45, 2.75) is 44.1 Å². The number of carbonyl (C=O) groups is 1. The van der Waals surface area contributed by atoms with Crippen LogP contribution >= 0.6 is 0 Å². The van der Waals surface area contributed by atoms with Crippen LogP contribution in [0.4, 0.5) is 0 Å². The largest absolute Gasteiger partial charge is 0.486 e. The molecule has 0 spiro atoms. The van der Waals surface area contributed by atoms with Gasteiger partial charge in [-0.25, -0.2) is 0 Å². The highest BCUT2D eigenvalue weighted by Gasteiger charge is 2.45. The van der Waals surface area contributed by atoms with E-state index in [4.69, 9.17) is 15.2 Å². The predicted octanol–water partition coefficient (Wildman–Crippen LogP) is 2.19. The predicted molar refractivity (Wildman–Crippen MR) is 91.2 cm³/mol. The molecule has 2 fully saturated rings. The number of hydrogen-bond donors (Lipinski definition) is 2. The molecule has 3 N–H and O–H groups in total. The number of nitrogens with two attached hydrogens (primary N) is 1. The lowest BCUT2D eigenvalue weighted by Crippen LogP contribution is -2.45. The molecule has 0 radical (unpaired) electrons. The van der Waals surface area contributed by atoms with Crippen molar-refractivity contribution in [2.75, 3.05) is 19.8 Å². The maximum absolute atomic E-state index is 12.6. The Balaban J connectivity index is 1.38. The monoisotopic (exact) mass is 330 g/mol. The van der Waals surface area contributed by atoms with Gasteiger partial charge in [0.05, 0.1) is 0 Å². The Labute approximate surface area is 142 Å². The molecule has 0 aromatic heterocycles. The number of amides is 1. The van der Waals surface area contributed by atoms with Gasteiger partial charge in [-0.3, -0.25) is 4.79 Å². The molecular formula is C19H26N2O3. The van der Waals surface area contributed by atoms with Crippen molar-refractivity contribution in [3.63, 3.8) is 0 Å². The normalized spacial score (nSPS) is 31.4. The van der Waals surface area contributed by atoms with Crippen LogP contribution in [0.3, 0.4) is 0 Å². The topological polar surface area (TPSA) is 73.6 Å². The molecule has 2 saturated carbocycles. The molecule has 0 bridgehead atoms. The number of hydrogen-bond acceptors (Lipinski definition) is 4. The van der Waals surface area contributed by atoms with E-state index in [1.54, 1.807) is 0 Å².